The summed E-state index contributed by atoms with van der Waals surface area (Å²) in [6, 6.07) is 166. The fourth-order valence-corrected chi connectivity index (χ4v) is 22.5. The van der Waals surface area contributed by atoms with E-state index in [2.05, 4.69) is 349 Å². The molecule has 0 radical (unpaired) electrons. The molecule has 6 aromatic heterocycles. The fourth-order valence-electron chi connectivity index (χ4n) is 22.5. The second-order valence-electron chi connectivity index (χ2n) is 37.1. The average molecular weight is 1840 g/mol. The predicted molar refractivity (Wildman–Crippen MR) is 575 cm³/mol. The highest BCUT2D eigenvalue weighted by Gasteiger charge is 2.44. The van der Waals surface area contributed by atoms with Crippen molar-refractivity contribution in [3.05, 3.63) is 540 Å². The van der Waals surface area contributed by atoms with Gasteiger partial charge in [-0.2, -0.15) is 0 Å². The molecule has 0 saturated heterocycles. The molecular weight excluding hydrogens is 1760 g/mol. The van der Waals surface area contributed by atoms with Gasteiger partial charge in [0.1, 0.15) is 0 Å². The lowest BCUT2D eigenvalue weighted by molar-refractivity contribution is 0.754. The van der Waals surface area contributed by atoms with Crippen LogP contribution in [0.15, 0.2) is 473 Å². The number of fused-ring (bicyclic) bond motifs is 6. The summed E-state index contributed by atoms with van der Waals surface area (Å²) in [5.41, 5.74) is 35.8. The molecule has 25 aromatic rings. The maximum atomic E-state index is 5.40. The zero-order valence-corrected chi connectivity index (χ0v) is 77.6. The van der Waals surface area contributed by atoms with Crippen LogP contribution in [0.2, 0.25) is 0 Å². The zero-order valence-electron chi connectivity index (χ0n) is 77.6. The van der Waals surface area contributed by atoms with Crippen LogP contribution in [0.25, 0.3) is 203 Å². The van der Waals surface area contributed by atoms with Crippen LogP contribution in [0, 0.1) is 0 Å². The minimum Gasteiger partial charge on any atom is -0.309 e. The first-order valence-corrected chi connectivity index (χ1v) is 48.8. The molecular formula is C130H82N14. The van der Waals surface area contributed by atoms with Crippen LogP contribution in [0.3, 0.4) is 0 Å². The fraction of sp³-hybridized carbons (Fsp3) is 0.0308. The highest BCUT2D eigenvalue weighted by molar-refractivity contribution is 6.15. The van der Waals surface area contributed by atoms with Crippen molar-refractivity contribution in [3.63, 3.8) is 0 Å². The van der Waals surface area contributed by atoms with Gasteiger partial charge in [-0.3, -0.25) is 0 Å². The van der Waals surface area contributed by atoms with Gasteiger partial charge in [-0.25, -0.2) is 59.8 Å². The molecule has 6 aliphatic carbocycles. The number of hydrogen-bond acceptors (Lipinski definition) is 12. The smallest absolute Gasteiger partial charge is 0.166 e. The van der Waals surface area contributed by atoms with Crippen LogP contribution >= 0.6 is 0 Å². The molecule has 0 saturated carbocycles. The van der Waals surface area contributed by atoms with Crippen LogP contribution in [0.4, 0.5) is 0 Å². The van der Waals surface area contributed by atoms with E-state index in [-0.39, 0.29) is 23.7 Å². The molecule has 0 spiro atoms. The maximum absolute atomic E-state index is 5.40. The second-order valence-corrected chi connectivity index (χ2v) is 37.1. The van der Waals surface area contributed by atoms with Crippen LogP contribution in [-0.2, 0) is 0 Å². The van der Waals surface area contributed by atoms with E-state index in [0.29, 0.717) is 69.9 Å². The molecule has 4 unspecified atom stereocenters. The van der Waals surface area contributed by atoms with Crippen LogP contribution < -0.4 is 0 Å². The standard InChI is InChI=1S/C68H43N7.C62H39N7/c1-5-18-43(19-6-1)63-69-64(44-20-7-2-8-21-44)72-67(71-63)47-36-38-54-57(40-47)60-52-27-13-14-28-53(52)61(54)58-41-48(37-39-55(58)60)68-73-65(45-22-9-3-10-23-45)70-66(74-68)46-34-32-42(33-35-46)50-29-17-30-56-51-26-15-16-31-59(51)75(62(50)56)49-24-11-4-12-25-49;1-5-18-38(19-6-1)57-63-58(39-20-7-2-8-21-39)65-60(64-57)41-32-34-47-51(36-41)54-45-27-13-14-28-46(45)55(47)52-37-42(33-35-48(52)54)61-66-59(40-22-9-3-10-23-40)67-62(68-61)50-30-17-29-49-44-26-15-16-31-53(44)69(56(49)50)43-24-11-4-12-25-43/h1-41,60-61H;1-37,54-55H. The highest BCUT2D eigenvalue weighted by Crippen LogP contribution is 2.59. The van der Waals surface area contributed by atoms with Gasteiger partial charge in [-0.1, -0.05) is 406 Å². The summed E-state index contributed by atoms with van der Waals surface area (Å²) in [6.07, 6.45) is 0. The first-order chi connectivity index (χ1) is 71.4. The topological polar surface area (TPSA) is 165 Å². The third-order valence-corrected chi connectivity index (χ3v) is 29.0. The van der Waals surface area contributed by atoms with Gasteiger partial charge >= 0.3 is 0 Å². The molecule has 14 heteroatoms. The Kier molecular flexibility index (Phi) is 19.9. The van der Waals surface area contributed by atoms with Gasteiger partial charge in [-0.05, 0) is 139 Å². The molecule has 19 aromatic carbocycles. The Morgan fingerprint density at radius 1 is 0.132 bits per heavy atom. The molecule has 0 amide bonds. The van der Waals surface area contributed by atoms with Crippen LogP contribution in [0.5, 0.6) is 0 Å². The molecule has 6 aliphatic rings. The molecule has 144 heavy (non-hydrogen) atoms. The lowest BCUT2D eigenvalue weighted by atomic mass is 9.61. The van der Waals surface area contributed by atoms with E-state index < -0.39 is 0 Å². The third kappa shape index (κ3) is 14.2. The Balaban J connectivity index is 0.000000141. The summed E-state index contributed by atoms with van der Waals surface area (Å²) in [7, 11) is 0. The molecule has 6 heterocycles. The zero-order chi connectivity index (χ0) is 94.8. The molecule has 672 valence electrons. The van der Waals surface area contributed by atoms with E-state index >= 15 is 0 Å². The van der Waals surface area contributed by atoms with Gasteiger partial charge in [0.15, 0.2) is 69.9 Å². The maximum Gasteiger partial charge on any atom is 0.166 e. The Hall–Kier alpha value is -19.2. The number of nitrogens with zero attached hydrogens (tertiary/aromatic N) is 14. The summed E-state index contributed by atoms with van der Waals surface area (Å²) in [5.74, 6) is 7.69. The SMILES string of the molecule is c1ccc(-c2nc(-c3ccccc3)nc(-c3ccc4c(c3)C3c5ccccc5C4c4cc(-c5nc(-c6ccccc6)nc(-c6ccc(-c7cccc8c9ccccc9n(-c9ccccc9)c78)cc6)n5)ccc43)n2)cc1.c1ccc(-c2nc(-c3ccccc3)nc(-c3ccc4c(c3)C3c5ccccc5C4c4cc(-c5nc(-c6ccccc6)nc(-c6cccc7c8ccccc8n(-c8ccccc8)c67)n5)ccc43)n2)cc1. The minimum absolute atomic E-state index is 0.00791. The Morgan fingerprint density at radius 3 is 0.625 bits per heavy atom. The van der Waals surface area contributed by atoms with Crippen LogP contribution in [0.1, 0.15) is 90.4 Å². The largest absolute Gasteiger partial charge is 0.309 e. The van der Waals surface area contributed by atoms with E-state index in [4.69, 9.17) is 59.8 Å². The normalized spacial score (nSPS) is 14.2. The lowest BCUT2D eigenvalue weighted by Gasteiger charge is -2.42. The van der Waals surface area contributed by atoms with Crippen LogP contribution in [-0.4, -0.2) is 68.9 Å². The third-order valence-electron chi connectivity index (χ3n) is 29.0. The van der Waals surface area contributed by atoms with E-state index in [1.54, 1.807) is 0 Å². The van der Waals surface area contributed by atoms with Crippen molar-refractivity contribution in [2.45, 2.75) is 23.7 Å². The molecule has 31 rings (SSSR count). The van der Waals surface area contributed by atoms with Crippen molar-refractivity contribution < 1.29 is 0 Å². The van der Waals surface area contributed by atoms with Gasteiger partial charge in [0.2, 0.25) is 0 Å². The van der Waals surface area contributed by atoms with Crippen molar-refractivity contribution in [1.82, 2.24) is 68.9 Å². The van der Waals surface area contributed by atoms with E-state index in [1.807, 2.05) is 133 Å². The van der Waals surface area contributed by atoms with Crippen molar-refractivity contribution in [2.75, 3.05) is 0 Å². The molecule has 0 fully saturated rings. The molecule has 0 N–H and O–H groups in total. The number of benzene rings is 19. The lowest BCUT2D eigenvalue weighted by Crippen LogP contribution is -2.27. The monoisotopic (exact) mass is 1840 g/mol. The number of hydrogen-bond donors (Lipinski definition) is 0. The first-order valence-electron chi connectivity index (χ1n) is 48.8. The number of para-hydroxylation sites is 6. The Bertz CT molecular complexity index is 9280. The number of aromatic nitrogens is 14. The van der Waals surface area contributed by atoms with E-state index in [0.717, 1.165) is 106 Å². The summed E-state index contributed by atoms with van der Waals surface area (Å²) >= 11 is 0. The molecule has 0 aliphatic heterocycles. The molecule has 4 atom stereocenters. The van der Waals surface area contributed by atoms with Gasteiger partial charge in [0.25, 0.3) is 0 Å². The van der Waals surface area contributed by atoms with Crippen molar-refractivity contribution in [2.24, 2.45) is 0 Å². The quantitative estimate of drug-likeness (QED) is 0.0955. The summed E-state index contributed by atoms with van der Waals surface area (Å²) < 4.78 is 4.73. The van der Waals surface area contributed by atoms with E-state index in [9.17, 15) is 0 Å². The van der Waals surface area contributed by atoms with Gasteiger partial charge in [-0.15, -0.1) is 0 Å². The Morgan fingerprint density at radius 2 is 0.333 bits per heavy atom. The Labute approximate surface area is 829 Å². The first kappa shape index (κ1) is 83.0. The van der Waals surface area contributed by atoms with Gasteiger partial charge in [0, 0.05) is 129 Å². The summed E-state index contributed by atoms with van der Waals surface area (Å²) in [4.78, 5) is 62.0. The van der Waals surface area contributed by atoms with Gasteiger partial charge < -0.3 is 9.13 Å². The van der Waals surface area contributed by atoms with Crippen molar-refractivity contribution >= 4 is 43.6 Å². The minimum atomic E-state index is 0.00791. The van der Waals surface area contributed by atoms with Crippen molar-refractivity contribution in [3.8, 4) is 159 Å². The van der Waals surface area contributed by atoms with E-state index in [1.165, 1.54) is 94.0 Å². The molecule has 4 bridgehead atoms. The van der Waals surface area contributed by atoms with Crippen molar-refractivity contribution in [1.29, 1.82) is 0 Å². The predicted octanol–water partition coefficient (Wildman–Crippen LogP) is 30.0. The summed E-state index contributed by atoms with van der Waals surface area (Å²) in [6.45, 7) is 0. The molecule has 14 nitrogen and oxygen atoms in total. The number of rotatable bonds is 15. The average Bonchev–Trinajstić information content (AvgIpc) is 1.08. The highest BCUT2D eigenvalue weighted by atomic mass is 15.1. The van der Waals surface area contributed by atoms with Gasteiger partial charge in [0.05, 0.1) is 22.1 Å². The summed E-state index contributed by atoms with van der Waals surface area (Å²) in [5, 5.41) is 4.76. The second kappa shape index (κ2) is 34.5.